The van der Waals surface area contributed by atoms with Crippen molar-refractivity contribution in [2.45, 2.75) is 6.54 Å². The van der Waals surface area contributed by atoms with Crippen LogP contribution in [0.4, 0.5) is 0 Å². The van der Waals surface area contributed by atoms with E-state index in [4.69, 9.17) is 23.2 Å². The van der Waals surface area contributed by atoms with Gasteiger partial charge in [-0.05, 0) is 29.8 Å². The fourth-order valence-electron chi connectivity index (χ4n) is 1.40. The molecule has 0 aliphatic carbocycles. The molecule has 0 bridgehead atoms. The predicted octanol–water partition coefficient (Wildman–Crippen LogP) is 3.32. The van der Waals surface area contributed by atoms with E-state index in [1.54, 1.807) is 24.3 Å². The zero-order valence-electron chi connectivity index (χ0n) is 9.36. The fraction of sp³-hybridized carbons (Fsp3) is 0.0769. The predicted molar refractivity (Wildman–Crippen MR) is 71.9 cm³/mol. The molecule has 18 heavy (non-hydrogen) atoms. The van der Waals surface area contributed by atoms with E-state index < -0.39 is 0 Å². The van der Waals surface area contributed by atoms with Crippen LogP contribution in [0, 0.1) is 0 Å². The van der Waals surface area contributed by atoms with Crippen molar-refractivity contribution in [3.05, 3.63) is 63.9 Å². The minimum atomic E-state index is -0.186. The molecule has 0 saturated carbocycles. The van der Waals surface area contributed by atoms with Gasteiger partial charge in [-0.2, -0.15) is 0 Å². The number of pyridine rings is 1. The molecule has 0 saturated heterocycles. The second-order valence-corrected chi connectivity index (χ2v) is 4.50. The van der Waals surface area contributed by atoms with E-state index in [2.05, 4.69) is 10.3 Å². The van der Waals surface area contributed by atoms with Crippen LogP contribution in [-0.4, -0.2) is 10.9 Å². The molecule has 0 radical (unpaired) electrons. The summed E-state index contributed by atoms with van der Waals surface area (Å²) in [6.45, 7) is 0.443. The third-order valence-electron chi connectivity index (χ3n) is 2.36. The zero-order chi connectivity index (χ0) is 13.0. The summed E-state index contributed by atoms with van der Waals surface area (Å²) in [4.78, 5) is 15.6. The van der Waals surface area contributed by atoms with Crippen LogP contribution in [0.25, 0.3) is 0 Å². The molecule has 5 heteroatoms. The van der Waals surface area contributed by atoms with Crippen molar-refractivity contribution in [1.82, 2.24) is 10.3 Å². The van der Waals surface area contributed by atoms with Crippen LogP contribution in [0.1, 0.15) is 15.9 Å². The minimum Gasteiger partial charge on any atom is -0.348 e. The van der Waals surface area contributed by atoms with Gasteiger partial charge in [0.1, 0.15) is 5.15 Å². The Morgan fingerprint density at radius 1 is 1.11 bits per heavy atom. The summed E-state index contributed by atoms with van der Waals surface area (Å²) in [6.07, 6.45) is 1.44. The molecule has 1 aromatic heterocycles. The SMILES string of the molecule is O=C(NCc1ccc(Cl)cc1)c1ccc(Cl)nc1. The van der Waals surface area contributed by atoms with Crippen LogP contribution in [0.3, 0.4) is 0 Å². The number of aromatic nitrogens is 1. The highest BCUT2D eigenvalue weighted by molar-refractivity contribution is 6.30. The lowest BCUT2D eigenvalue weighted by molar-refractivity contribution is 0.0950. The van der Waals surface area contributed by atoms with Crippen molar-refractivity contribution in [3.8, 4) is 0 Å². The van der Waals surface area contributed by atoms with Gasteiger partial charge in [0.25, 0.3) is 5.91 Å². The van der Waals surface area contributed by atoms with Gasteiger partial charge in [-0.3, -0.25) is 4.79 Å². The van der Waals surface area contributed by atoms with Crippen LogP contribution < -0.4 is 5.32 Å². The van der Waals surface area contributed by atoms with E-state index in [0.29, 0.717) is 22.3 Å². The summed E-state index contributed by atoms with van der Waals surface area (Å²) in [5.74, 6) is -0.186. The molecule has 1 amide bonds. The maximum Gasteiger partial charge on any atom is 0.253 e. The maximum absolute atomic E-state index is 11.8. The second-order valence-electron chi connectivity index (χ2n) is 3.68. The van der Waals surface area contributed by atoms with Crippen LogP contribution in [0.5, 0.6) is 0 Å². The van der Waals surface area contributed by atoms with Crippen molar-refractivity contribution >= 4 is 29.1 Å². The van der Waals surface area contributed by atoms with Crippen LogP contribution in [-0.2, 0) is 6.54 Å². The first-order chi connectivity index (χ1) is 8.65. The Bertz CT molecular complexity index is 538. The number of benzene rings is 1. The molecule has 0 aliphatic rings. The Kier molecular flexibility index (Phi) is 4.18. The highest BCUT2D eigenvalue weighted by Crippen LogP contribution is 2.10. The molecule has 1 N–H and O–H groups in total. The molecule has 0 unspecified atom stereocenters. The molecule has 0 spiro atoms. The third kappa shape index (κ3) is 3.45. The van der Waals surface area contributed by atoms with Crippen molar-refractivity contribution in [3.63, 3.8) is 0 Å². The fourth-order valence-corrected chi connectivity index (χ4v) is 1.63. The van der Waals surface area contributed by atoms with Gasteiger partial charge in [-0.1, -0.05) is 35.3 Å². The number of carbonyl (C=O) groups is 1. The van der Waals surface area contributed by atoms with Crippen molar-refractivity contribution in [2.24, 2.45) is 0 Å². The lowest BCUT2D eigenvalue weighted by Gasteiger charge is -2.05. The Labute approximate surface area is 115 Å². The Balaban J connectivity index is 1.96. The molecule has 1 heterocycles. The molecule has 1 aromatic carbocycles. The summed E-state index contributed by atoms with van der Waals surface area (Å²) in [5, 5.41) is 3.83. The maximum atomic E-state index is 11.8. The number of amides is 1. The van der Waals surface area contributed by atoms with Crippen LogP contribution in [0.15, 0.2) is 42.6 Å². The molecule has 92 valence electrons. The van der Waals surface area contributed by atoms with E-state index >= 15 is 0 Å². The molecular formula is C13H10Cl2N2O. The summed E-state index contributed by atoms with van der Waals surface area (Å²) in [5.41, 5.74) is 1.46. The molecular weight excluding hydrogens is 271 g/mol. The van der Waals surface area contributed by atoms with Gasteiger partial charge in [0.05, 0.1) is 5.56 Å². The Hall–Kier alpha value is -1.58. The topological polar surface area (TPSA) is 42.0 Å². The van der Waals surface area contributed by atoms with E-state index in [0.717, 1.165) is 5.56 Å². The van der Waals surface area contributed by atoms with Crippen molar-refractivity contribution in [1.29, 1.82) is 0 Å². The normalized spacial score (nSPS) is 10.1. The summed E-state index contributed by atoms with van der Waals surface area (Å²) < 4.78 is 0. The van der Waals surface area contributed by atoms with Gasteiger partial charge in [-0.15, -0.1) is 0 Å². The van der Waals surface area contributed by atoms with Crippen molar-refractivity contribution < 1.29 is 4.79 Å². The first-order valence-corrected chi connectivity index (χ1v) is 6.05. The lowest BCUT2D eigenvalue weighted by Crippen LogP contribution is -2.22. The third-order valence-corrected chi connectivity index (χ3v) is 2.83. The van der Waals surface area contributed by atoms with E-state index in [1.165, 1.54) is 6.20 Å². The minimum absolute atomic E-state index is 0.186. The largest absolute Gasteiger partial charge is 0.348 e. The first-order valence-electron chi connectivity index (χ1n) is 5.29. The summed E-state index contributed by atoms with van der Waals surface area (Å²) in [7, 11) is 0. The highest BCUT2D eigenvalue weighted by Gasteiger charge is 2.05. The number of nitrogens with zero attached hydrogens (tertiary/aromatic N) is 1. The molecule has 0 aliphatic heterocycles. The van der Waals surface area contributed by atoms with Gasteiger partial charge < -0.3 is 5.32 Å². The smallest absolute Gasteiger partial charge is 0.253 e. The van der Waals surface area contributed by atoms with Gasteiger partial charge in [0.15, 0.2) is 0 Å². The number of carbonyl (C=O) groups excluding carboxylic acids is 1. The van der Waals surface area contributed by atoms with E-state index in [9.17, 15) is 4.79 Å². The van der Waals surface area contributed by atoms with Gasteiger partial charge >= 0.3 is 0 Å². The van der Waals surface area contributed by atoms with E-state index in [1.807, 2.05) is 12.1 Å². The number of halogens is 2. The quantitative estimate of drug-likeness (QED) is 0.877. The Morgan fingerprint density at radius 3 is 2.44 bits per heavy atom. The Morgan fingerprint density at radius 2 is 1.83 bits per heavy atom. The number of nitrogens with one attached hydrogen (secondary N) is 1. The van der Waals surface area contributed by atoms with Gasteiger partial charge in [0.2, 0.25) is 0 Å². The number of rotatable bonds is 3. The average Bonchev–Trinajstić information content (AvgIpc) is 2.38. The molecule has 2 aromatic rings. The number of hydrogen-bond acceptors (Lipinski definition) is 2. The first kappa shape index (κ1) is 12.9. The molecule has 3 nitrogen and oxygen atoms in total. The lowest BCUT2D eigenvalue weighted by atomic mass is 10.2. The highest BCUT2D eigenvalue weighted by atomic mass is 35.5. The van der Waals surface area contributed by atoms with E-state index in [-0.39, 0.29) is 5.91 Å². The monoisotopic (exact) mass is 280 g/mol. The van der Waals surface area contributed by atoms with Crippen LogP contribution >= 0.6 is 23.2 Å². The van der Waals surface area contributed by atoms with Gasteiger partial charge in [-0.25, -0.2) is 4.98 Å². The zero-order valence-corrected chi connectivity index (χ0v) is 10.9. The molecule has 2 rings (SSSR count). The average molecular weight is 281 g/mol. The van der Waals surface area contributed by atoms with Gasteiger partial charge in [0, 0.05) is 17.8 Å². The number of hydrogen-bond donors (Lipinski definition) is 1. The van der Waals surface area contributed by atoms with Crippen LogP contribution in [0.2, 0.25) is 10.2 Å². The molecule has 0 atom stereocenters. The summed E-state index contributed by atoms with van der Waals surface area (Å²) in [6, 6.07) is 10.5. The second kappa shape index (κ2) is 5.85. The summed E-state index contributed by atoms with van der Waals surface area (Å²) >= 11 is 11.4. The standard InChI is InChI=1S/C13H10Cl2N2O/c14-11-4-1-9(2-5-11)7-17-13(18)10-3-6-12(15)16-8-10/h1-6,8H,7H2,(H,17,18). The molecule has 0 fully saturated rings. The van der Waals surface area contributed by atoms with Crippen molar-refractivity contribution in [2.75, 3.05) is 0 Å².